The van der Waals surface area contributed by atoms with Gasteiger partial charge in [0.05, 0.1) is 7.05 Å². The molecule has 6 heteroatoms. The fourth-order valence-electron chi connectivity index (χ4n) is 1.78. The largest absolute Gasteiger partial charge is 0.349 e. The SMILES string of the molecule is CC[C@@H](C)NC(=O)C[NH+](C)CC(=O)Nc1ccc(Cl)cc1. The number of likely N-dealkylation sites (N-methyl/N-ethyl adjacent to an activating group) is 1. The molecule has 3 N–H and O–H groups in total. The minimum absolute atomic E-state index is 0.0406. The highest BCUT2D eigenvalue weighted by molar-refractivity contribution is 6.30. The van der Waals surface area contributed by atoms with Crippen LogP contribution in [-0.2, 0) is 9.59 Å². The van der Waals surface area contributed by atoms with Crippen molar-refractivity contribution in [2.24, 2.45) is 0 Å². The van der Waals surface area contributed by atoms with E-state index >= 15 is 0 Å². The Morgan fingerprint density at radius 1 is 1.19 bits per heavy atom. The minimum Gasteiger partial charge on any atom is -0.349 e. The summed E-state index contributed by atoms with van der Waals surface area (Å²) in [6.07, 6.45) is 0.891. The zero-order valence-electron chi connectivity index (χ0n) is 12.7. The number of amides is 2. The summed E-state index contributed by atoms with van der Waals surface area (Å²) >= 11 is 5.78. The lowest BCUT2D eigenvalue weighted by atomic mass is 10.2. The maximum absolute atomic E-state index is 11.9. The molecule has 116 valence electrons. The second-order valence-electron chi connectivity index (χ2n) is 5.24. The zero-order chi connectivity index (χ0) is 15.8. The molecule has 1 aromatic carbocycles. The molecule has 21 heavy (non-hydrogen) atoms. The molecule has 0 aliphatic carbocycles. The number of quaternary nitrogens is 1. The van der Waals surface area contributed by atoms with Gasteiger partial charge in [0.15, 0.2) is 13.1 Å². The van der Waals surface area contributed by atoms with Gasteiger partial charge >= 0.3 is 0 Å². The number of rotatable bonds is 7. The number of anilines is 1. The van der Waals surface area contributed by atoms with Crippen molar-refractivity contribution in [3.8, 4) is 0 Å². The van der Waals surface area contributed by atoms with Crippen LogP contribution in [0.2, 0.25) is 5.02 Å². The van der Waals surface area contributed by atoms with Gasteiger partial charge in [-0.3, -0.25) is 9.59 Å². The van der Waals surface area contributed by atoms with E-state index in [9.17, 15) is 9.59 Å². The second-order valence-corrected chi connectivity index (χ2v) is 5.68. The number of benzene rings is 1. The van der Waals surface area contributed by atoms with Gasteiger partial charge in [0.1, 0.15) is 0 Å². The van der Waals surface area contributed by atoms with Crippen molar-refractivity contribution in [3.63, 3.8) is 0 Å². The van der Waals surface area contributed by atoms with E-state index in [-0.39, 0.29) is 30.9 Å². The first-order chi connectivity index (χ1) is 9.90. The topological polar surface area (TPSA) is 62.6 Å². The number of hydrogen-bond acceptors (Lipinski definition) is 2. The molecule has 0 heterocycles. The van der Waals surface area contributed by atoms with Crippen LogP contribution in [0.1, 0.15) is 20.3 Å². The van der Waals surface area contributed by atoms with E-state index in [1.165, 1.54) is 0 Å². The highest BCUT2D eigenvalue weighted by Crippen LogP contribution is 2.12. The summed E-state index contributed by atoms with van der Waals surface area (Å²) in [5.41, 5.74) is 0.696. The maximum atomic E-state index is 11.9. The molecule has 0 saturated carbocycles. The molecule has 0 fully saturated rings. The smallest absolute Gasteiger partial charge is 0.279 e. The van der Waals surface area contributed by atoms with Gasteiger partial charge < -0.3 is 15.5 Å². The van der Waals surface area contributed by atoms with Crippen LogP contribution in [0.15, 0.2) is 24.3 Å². The molecule has 0 aliphatic rings. The molecule has 0 aliphatic heterocycles. The lowest BCUT2D eigenvalue weighted by Crippen LogP contribution is -3.11. The summed E-state index contributed by atoms with van der Waals surface area (Å²) in [6, 6.07) is 7.07. The standard InChI is InChI=1S/C15H22ClN3O2/c1-4-11(2)17-14(20)9-19(3)10-15(21)18-13-7-5-12(16)6-8-13/h5-8,11H,4,9-10H2,1-3H3,(H,17,20)(H,18,21)/p+1/t11-/m1/s1. The van der Waals surface area contributed by atoms with Gasteiger partial charge in [0.2, 0.25) is 0 Å². The molecular weight excluding hydrogens is 290 g/mol. The quantitative estimate of drug-likeness (QED) is 0.694. The first-order valence-corrected chi connectivity index (χ1v) is 7.44. The van der Waals surface area contributed by atoms with Crippen LogP contribution < -0.4 is 15.5 Å². The van der Waals surface area contributed by atoms with E-state index in [4.69, 9.17) is 11.6 Å². The highest BCUT2D eigenvalue weighted by Gasteiger charge is 2.15. The molecule has 0 aromatic heterocycles. The first kappa shape index (κ1) is 17.5. The molecule has 5 nitrogen and oxygen atoms in total. The van der Waals surface area contributed by atoms with Crippen molar-refractivity contribution in [1.29, 1.82) is 0 Å². The Kier molecular flexibility index (Phi) is 7.19. The predicted molar refractivity (Wildman–Crippen MR) is 84.6 cm³/mol. The fraction of sp³-hybridized carbons (Fsp3) is 0.467. The molecule has 0 saturated heterocycles. The molecule has 1 rings (SSSR count). The average molecular weight is 313 g/mol. The van der Waals surface area contributed by atoms with E-state index < -0.39 is 0 Å². The third-order valence-electron chi connectivity index (χ3n) is 3.07. The molecule has 1 unspecified atom stereocenters. The summed E-state index contributed by atoms with van der Waals surface area (Å²) in [5.74, 6) is -0.174. The van der Waals surface area contributed by atoms with Crippen molar-refractivity contribution >= 4 is 29.1 Å². The molecular formula is C15H23ClN3O2+. The number of halogens is 1. The maximum Gasteiger partial charge on any atom is 0.279 e. The van der Waals surface area contributed by atoms with Gasteiger partial charge in [-0.25, -0.2) is 0 Å². The second kappa shape index (κ2) is 8.64. The Morgan fingerprint density at radius 3 is 2.33 bits per heavy atom. The summed E-state index contributed by atoms with van der Waals surface area (Å²) in [5, 5.41) is 6.28. The Morgan fingerprint density at radius 2 is 1.76 bits per heavy atom. The van der Waals surface area contributed by atoms with Crippen LogP contribution in [0.4, 0.5) is 5.69 Å². The lowest BCUT2D eigenvalue weighted by molar-refractivity contribution is -0.862. The molecule has 1 aromatic rings. The summed E-state index contributed by atoms with van der Waals surface area (Å²) in [7, 11) is 1.82. The Balaban J connectivity index is 2.36. The van der Waals surface area contributed by atoms with Crippen LogP contribution in [0.5, 0.6) is 0 Å². The predicted octanol–water partition coefficient (Wildman–Crippen LogP) is 0.708. The third-order valence-corrected chi connectivity index (χ3v) is 3.32. The molecule has 0 spiro atoms. The molecule has 2 atom stereocenters. The minimum atomic E-state index is -0.133. The third kappa shape index (κ3) is 7.11. The molecule has 0 radical (unpaired) electrons. The summed E-state index contributed by atoms with van der Waals surface area (Å²) < 4.78 is 0. The molecule has 2 amide bonds. The number of hydrogen-bond donors (Lipinski definition) is 3. The highest BCUT2D eigenvalue weighted by atomic mass is 35.5. The Labute approximate surface area is 130 Å². The number of carbonyl (C=O) groups excluding carboxylic acids is 2. The van der Waals surface area contributed by atoms with E-state index in [1.54, 1.807) is 24.3 Å². The van der Waals surface area contributed by atoms with Crippen molar-refractivity contribution in [2.75, 3.05) is 25.5 Å². The monoisotopic (exact) mass is 312 g/mol. The summed E-state index contributed by atoms with van der Waals surface area (Å²) in [4.78, 5) is 24.4. The van der Waals surface area contributed by atoms with Gasteiger partial charge in [-0.15, -0.1) is 0 Å². The van der Waals surface area contributed by atoms with Gasteiger partial charge in [0.25, 0.3) is 11.8 Å². The van der Waals surface area contributed by atoms with E-state index in [2.05, 4.69) is 10.6 Å². The number of carbonyl (C=O) groups is 2. The zero-order valence-corrected chi connectivity index (χ0v) is 13.5. The molecule has 0 bridgehead atoms. The Bertz CT molecular complexity index is 476. The van der Waals surface area contributed by atoms with Crippen LogP contribution in [-0.4, -0.2) is 38.0 Å². The van der Waals surface area contributed by atoms with Crippen LogP contribution >= 0.6 is 11.6 Å². The fourth-order valence-corrected chi connectivity index (χ4v) is 1.90. The van der Waals surface area contributed by atoms with Crippen molar-refractivity contribution in [3.05, 3.63) is 29.3 Å². The van der Waals surface area contributed by atoms with Crippen LogP contribution in [0.25, 0.3) is 0 Å². The first-order valence-electron chi connectivity index (χ1n) is 7.06. The average Bonchev–Trinajstić information content (AvgIpc) is 2.40. The van der Waals surface area contributed by atoms with E-state index in [0.29, 0.717) is 10.7 Å². The van der Waals surface area contributed by atoms with Crippen molar-refractivity contribution in [2.45, 2.75) is 26.3 Å². The normalized spacial score (nSPS) is 13.3. The Hall–Kier alpha value is -1.59. The van der Waals surface area contributed by atoms with Gasteiger partial charge in [-0.05, 0) is 37.6 Å². The summed E-state index contributed by atoms with van der Waals surface area (Å²) in [6.45, 7) is 4.48. The van der Waals surface area contributed by atoms with Crippen LogP contribution in [0.3, 0.4) is 0 Å². The lowest BCUT2D eigenvalue weighted by Gasteiger charge is -2.16. The van der Waals surface area contributed by atoms with E-state index in [0.717, 1.165) is 11.3 Å². The van der Waals surface area contributed by atoms with Gasteiger partial charge in [-0.2, -0.15) is 0 Å². The number of nitrogens with one attached hydrogen (secondary N) is 3. The van der Waals surface area contributed by atoms with Gasteiger partial charge in [-0.1, -0.05) is 18.5 Å². The van der Waals surface area contributed by atoms with E-state index in [1.807, 2.05) is 20.9 Å². The van der Waals surface area contributed by atoms with Crippen molar-refractivity contribution in [1.82, 2.24) is 5.32 Å². The van der Waals surface area contributed by atoms with Gasteiger partial charge in [0, 0.05) is 16.8 Å². The van der Waals surface area contributed by atoms with Crippen LogP contribution in [0, 0.1) is 0 Å². The van der Waals surface area contributed by atoms with Crippen molar-refractivity contribution < 1.29 is 14.5 Å².